The lowest BCUT2D eigenvalue weighted by atomic mass is 9.97. The van der Waals surface area contributed by atoms with E-state index >= 15 is 0 Å². The average Bonchev–Trinajstić information content (AvgIpc) is 2.86. The van der Waals surface area contributed by atoms with Crippen molar-refractivity contribution in [3.05, 3.63) is 28.8 Å². The smallest absolute Gasteiger partial charge is 0.227 e. The maximum atomic E-state index is 12.3. The minimum Gasteiger partial charge on any atom is -0.384 e. The molecule has 0 bridgehead atoms. The summed E-state index contributed by atoms with van der Waals surface area (Å²) in [6, 6.07) is 5.21. The molecular formula is C16H18ClNO2. The van der Waals surface area contributed by atoms with Gasteiger partial charge < -0.3 is 10.4 Å². The number of carbonyl (C=O) groups is 1. The molecule has 0 aromatic heterocycles. The number of rotatable bonds is 2. The normalized spacial score (nSPS) is 21.1. The molecule has 2 atom stereocenters. The molecule has 1 saturated carbocycles. The van der Waals surface area contributed by atoms with E-state index in [9.17, 15) is 4.79 Å². The van der Waals surface area contributed by atoms with Gasteiger partial charge in [0.05, 0.1) is 10.7 Å². The minimum atomic E-state index is -0.191. The van der Waals surface area contributed by atoms with Crippen LogP contribution in [0.25, 0.3) is 0 Å². The zero-order valence-corrected chi connectivity index (χ0v) is 12.2. The van der Waals surface area contributed by atoms with E-state index in [4.69, 9.17) is 16.7 Å². The fourth-order valence-electron chi connectivity index (χ4n) is 2.60. The number of benzene rings is 1. The fraction of sp³-hybridized carbons (Fsp3) is 0.438. The summed E-state index contributed by atoms with van der Waals surface area (Å²) in [5.41, 5.74) is 1.30. The summed E-state index contributed by atoms with van der Waals surface area (Å²) in [7, 11) is 0. The molecule has 1 amide bonds. The molecule has 2 unspecified atom stereocenters. The third-order valence-corrected chi connectivity index (χ3v) is 4.06. The molecule has 0 radical (unpaired) electrons. The Morgan fingerprint density at radius 2 is 2.30 bits per heavy atom. The molecule has 0 aliphatic heterocycles. The first-order chi connectivity index (χ1) is 9.61. The van der Waals surface area contributed by atoms with Crippen molar-refractivity contribution in [3.8, 4) is 11.8 Å². The standard InChI is InChI=1S/C16H18ClNO2/c1-11-4-2-6-13(11)16(20)18-15-10-12(5-3-9-19)7-8-14(15)17/h7-8,10-11,13,19H,2,4,6,9H2,1H3,(H,18,20). The van der Waals surface area contributed by atoms with E-state index in [0.717, 1.165) is 24.8 Å². The lowest BCUT2D eigenvalue weighted by Gasteiger charge is -2.16. The van der Waals surface area contributed by atoms with Gasteiger partial charge in [-0.15, -0.1) is 0 Å². The number of carbonyl (C=O) groups excluding carboxylic acids is 1. The molecule has 1 aliphatic rings. The van der Waals surface area contributed by atoms with Crippen LogP contribution < -0.4 is 5.32 Å². The van der Waals surface area contributed by atoms with Crippen LogP contribution in [0.4, 0.5) is 5.69 Å². The van der Waals surface area contributed by atoms with E-state index in [0.29, 0.717) is 16.6 Å². The summed E-state index contributed by atoms with van der Waals surface area (Å²) >= 11 is 6.11. The Morgan fingerprint density at radius 1 is 1.50 bits per heavy atom. The van der Waals surface area contributed by atoms with E-state index in [1.54, 1.807) is 18.2 Å². The molecule has 20 heavy (non-hydrogen) atoms. The lowest BCUT2D eigenvalue weighted by molar-refractivity contribution is -0.120. The quantitative estimate of drug-likeness (QED) is 0.823. The molecule has 1 fully saturated rings. The van der Waals surface area contributed by atoms with Gasteiger partial charge in [-0.05, 0) is 37.0 Å². The molecule has 1 aliphatic carbocycles. The van der Waals surface area contributed by atoms with Crippen LogP contribution >= 0.6 is 11.6 Å². The molecule has 4 heteroatoms. The van der Waals surface area contributed by atoms with Gasteiger partial charge in [-0.3, -0.25) is 4.79 Å². The van der Waals surface area contributed by atoms with Crippen molar-refractivity contribution in [2.75, 3.05) is 11.9 Å². The van der Waals surface area contributed by atoms with Gasteiger partial charge in [-0.1, -0.05) is 36.8 Å². The number of hydrogen-bond donors (Lipinski definition) is 2. The molecule has 0 saturated heterocycles. The number of hydrogen-bond acceptors (Lipinski definition) is 2. The van der Waals surface area contributed by atoms with Gasteiger partial charge in [0.15, 0.2) is 0 Å². The van der Waals surface area contributed by atoms with Gasteiger partial charge >= 0.3 is 0 Å². The second-order valence-electron chi connectivity index (χ2n) is 5.16. The predicted molar refractivity (Wildman–Crippen MR) is 80.6 cm³/mol. The lowest BCUT2D eigenvalue weighted by Crippen LogP contribution is -2.24. The Hall–Kier alpha value is -1.50. The summed E-state index contributed by atoms with van der Waals surface area (Å²) < 4.78 is 0. The first kappa shape index (κ1) is 14.9. The zero-order valence-electron chi connectivity index (χ0n) is 11.4. The topological polar surface area (TPSA) is 49.3 Å². The van der Waals surface area contributed by atoms with Crippen LogP contribution in [-0.2, 0) is 4.79 Å². The van der Waals surface area contributed by atoms with E-state index in [1.807, 2.05) is 0 Å². The third kappa shape index (κ3) is 3.53. The molecule has 0 heterocycles. The van der Waals surface area contributed by atoms with Crippen molar-refractivity contribution in [2.45, 2.75) is 26.2 Å². The summed E-state index contributed by atoms with van der Waals surface area (Å²) in [4.78, 5) is 12.3. The van der Waals surface area contributed by atoms with Gasteiger partial charge in [0.1, 0.15) is 6.61 Å². The Labute approximate surface area is 124 Å². The third-order valence-electron chi connectivity index (χ3n) is 3.73. The van der Waals surface area contributed by atoms with Crippen molar-refractivity contribution in [3.63, 3.8) is 0 Å². The Kier molecular flexibility index (Phi) is 5.05. The highest BCUT2D eigenvalue weighted by molar-refractivity contribution is 6.33. The molecular weight excluding hydrogens is 274 g/mol. The second-order valence-corrected chi connectivity index (χ2v) is 5.57. The van der Waals surface area contributed by atoms with Crippen LogP contribution in [-0.4, -0.2) is 17.6 Å². The minimum absolute atomic E-state index is 0.0316. The van der Waals surface area contributed by atoms with E-state index < -0.39 is 0 Å². The highest BCUT2D eigenvalue weighted by Crippen LogP contribution is 2.33. The van der Waals surface area contributed by atoms with E-state index in [1.165, 1.54) is 0 Å². The number of aliphatic hydroxyl groups is 1. The summed E-state index contributed by atoms with van der Waals surface area (Å²) in [5.74, 6) is 5.90. The number of anilines is 1. The van der Waals surface area contributed by atoms with E-state index in [-0.39, 0.29) is 18.4 Å². The van der Waals surface area contributed by atoms with Crippen LogP contribution in [0.2, 0.25) is 5.02 Å². The summed E-state index contributed by atoms with van der Waals surface area (Å²) in [5, 5.41) is 12.1. The van der Waals surface area contributed by atoms with Crippen molar-refractivity contribution in [1.82, 2.24) is 0 Å². The highest BCUT2D eigenvalue weighted by atomic mass is 35.5. The van der Waals surface area contributed by atoms with Crippen molar-refractivity contribution in [2.24, 2.45) is 11.8 Å². The maximum absolute atomic E-state index is 12.3. The van der Waals surface area contributed by atoms with Gasteiger partial charge in [0.25, 0.3) is 0 Å². The fourth-order valence-corrected chi connectivity index (χ4v) is 2.77. The van der Waals surface area contributed by atoms with Gasteiger partial charge in [0.2, 0.25) is 5.91 Å². The molecule has 0 spiro atoms. The SMILES string of the molecule is CC1CCCC1C(=O)Nc1cc(C#CCO)ccc1Cl. The zero-order chi connectivity index (χ0) is 14.5. The maximum Gasteiger partial charge on any atom is 0.227 e. The van der Waals surface area contributed by atoms with Crippen LogP contribution in [0.3, 0.4) is 0 Å². The monoisotopic (exact) mass is 291 g/mol. The largest absolute Gasteiger partial charge is 0.384 e. The molecule has 106 valence electrons. The molecule has 2 N–H and O–H groups in total. The predicted octanol–water partition coefficient (Wildman–Crippen LogP) is 3.06. The molecule has 3 nitrogen and oxygen atoms in total. The summed E-state index contributed by atoms with van der Waals surface area (Å²) in [6.07, 6.45) is 3.15. The number of aliphatic hydroxyl groups excluding tert-OH is 1. The van der Waals surface area contributed by atoms with Crippen molar-refractivity contribution >= 4 is 23.2 Å². The Bertz CT molecular complexity index is 559. The Morgan fingerprint density at radius 3 is 2.95 bits per heavy atom. The number of nitrogens with one attached hydrogen (secondary N) is 1. The van der Waals surface area contributed by atoms with Crippen LogP contribution in [0.5, 0.6) is 0 Å². The van der Waals surface area contributed by atoms with Crippen molar-refractivity contribution in [1.29, 1.82) is 0 Å². The van der Waals surface area contributed by atoms with Gasteiger partial charge in [-0.25, -0.2) is 0 Å². The number of amides is 1. The number of halogens is 1. The van der Waals surface area contributed by atoms with Gasteiger partial charge in [-0.2, -0.15) is 0 Å². The molecule has 1 aromatic rings. The van der Waals surface area contributed by atoms with Crippen LogP contribution in [0, 0.1) is 23.7 Å². The second kappa shape index (κ2) is 6.78. The molecule has 2 rings (SSSR count). The summed E-state index contributed by atoms with van der Waals surface area (Å²) in [6.45, 7) is 1.92. The van der Waals surface area contributed by atoms with Gasteiger partial charge in [0, 0.05) is 11.5 Å². The average molecular weight is 292 g/mol. The van der Waals surface area contributed by atoms with Crippen molar-refractivity contribution < 1.29 is 9.90 Å². The first-order valence-corrected chi connectivity index (χ1v) is 7.19. The molecule has 1 aromatic carbocycles. The van der Waals surface area contributed by atoms with Crippen LogP contribution in [0.15, 0.2) is 18.2 Å². The first-order valence-electron chi connectivity index (χ1n) is 6.82. The Balaban J connectivity index is 2.13. The highest BCUT2D eigenvalue weighted by Gasteiger charge is 2.29. The van der Waals surface area contributed by atoms with E-state index in [2.05, 4.69) is 24.1 Å². The van der Waals surface area contributed by atoms with Crippen LogP contribution in [0.1, 0.15) is 31.7 Å².